The highest BCUT2D eigenvalue weighted by Crippen LogP contribution is 2.19. The lowest BCUT2D eigenvalue weighted by Crippen LogP contribution is -1.99. The summed E-state index contributed by atoms with van der Waals surface area (Å²) >= 11 is 5.50. The van der Waals surface area contributed by atoms with E-state index in [0.717, 1.165) is 10.9 Å². The summed E-state index contributed by atoms with van der Waals surface area (Å²) in [4.78, 5) is 11.2. The summed E-state index contributed by atoms with van der Waals surface area (Å²) < 4.78 is 1.77. The van der Waals surface area contributed by atoms with Crippen LogP contribution in [0.25, 0.3) is 10.9 Å². The second-order valence-electron chi connectivity index (χ2n) is 3.39. The van der Waals surface area contributed by atoms with Crippen LogP contribution in [-0.2, 0) is 6.54 Å². The largest absolute Gasteiger partial charge is 0.274 e. The van der Waals surface area contributed by atoms with Crippen molar-refractivity contribution in [3.05, 3.63) is 42.1 Å². The molecular weight excluding hydrogens is 224 g/mol. The molecule has 3 nitrogen and oxygen atoms in total. The molecule has 0 fully saturated rings. The highest BCUT2D eigenvalue weighted by atomic mass is 35.5. The first kappa shape index (κ1) is 10.9. The highest BCUT2D eigenvalue weighted by Gasteiger charge is 2.13. The lowest BCUT2D eigenvalue weighted by atomic mass is 10.2. The third kappa shape index (κ3) is 1.86. The molecule has 1 heterocycles. The first-order valence-corrected chi connectivity index (χ1v) is 5.38. The minimum atomic E-state index is -0.518. The summed E-state index contributed by atoms with van der Waals surface area (Å²) in [6, 6.07) is 7.56. The van der Waals surface area contributed by atoms with Crippen molar-refractivity contribution in [2.24, 2.45) is 0 Å². The normalized spacial score (nSPS) is 11.4. The van der Waals surface area contributed by atoms with Crippen LogP contribution in [0.15, 0.2) is 36.4 Å². The van der Waals surface area contributed by atoms with Crippen LogP contribution in [-0.4, -0.2) is 15.0 Å². The van der Waals surface area contributed by atoms with E-state index >= 15 is 0 Å². The number of para-hydroxylation sites is 1. The SMILES string of the molecule is C/C=C/Cn1nc(C(=O)Cl)c2ccccc21. The van der Waals surface area contributed by atoms with Gasteiger partial charge in [0.1, 0.15) is 0 Å². The third-order valence-electron chi connectivity index (χ3n) is 2.36. The van der Waals surface area contributed by atoms with Crippen LogP contribution in [0.3, 0.4) is 0 Å². The van der Waals surface area contributed by atoms with Crippen LogP contribution in [0.4, 0.5) is 0 Å². The molecule has 0 aliphatic heterocycles. The summed E-state index contributed by atoms with van der Waals surface area (Å²) in [7, 11) is 0. The van der Waals surface area contributed by atoms with Gasteiger partial charge in [-0.25, -0.2) is 0 Å². The van der Waals surface area contributed by atoms with Gasteiger partial charge < -0.3 is 0 Å². The number of hydrogen-bond acceptors (Lipinski definition) is 2. The van der Waals surface area contributed by atoms with E-state index in [4.69, 9.17) is 11.6 Å². The average molecular weight is 235 g/mol. The van der Waals surface area contributed by atoms with Gasteiger partial charge in [0.05, 0.1) is 12.1 Å². The van der Waals surface area contributed by atoms with Crippen LogP contribution < -0.4 is 0 Å². The number of hydrogen-bond donors (Lipinski definition) is 0. The molecule has 0 aliphatic rings. The number of allylic oxidation sites excluding steroid dienone is 2. The van der Waals surface area contributed by atoms with E-state index in [1.165, 1.54) is 0 Å². The Morgan fingerprint density at radius 1 is 1.50 bits per heavy atom. The van der Waals surface area contributed by atoms with E-state index in [1.54, 1.807) is 4.68 Å². The van der Waals surface area contributed by atoms with E-state index < -0.39 is 5.24 Å². The standard InChI is InChI=1S/C12H11ClN2O/c1-2-3-8-15-10-7-5-4-6-9(10)11(14-15)12(13)16/h2-7H,8H2,1H3/b3-2+. The Hall–Kier alpha value is -1.61. The predicted molar refractivity (Wildman–Crippen MR) is 64.7 cm³/mol. The molecule has 4 heteroatoms. The Balaban J connectivity index is 2.61. The van der Waals surface area contributed by atoms with Gasteiger partial charge in [0.15, 0.2) is 5.69 Å². The van der Waals surface area contributed by atoms with E-state index in [9.17, 15) is 4.79 Å². The molecule has 0 spiro atoms. The molecule has 0 N–H and O–H groups in total. The number of halogens is 1. The maximum Gasteiger partial charge on any atom is 0.273 e. The molecule has 0 atom stereocenters. The highest BCUT2D eigenvalue weighted by molar-refractivity contribution is 6.68. The van der Waals surface area contributed by atoms with E-state index in [1.807, 2.05) is 43.3 Å². The van der Waals surface area contributed by atoms with Crippen molar-refractivity contribution in [1.82, 2.24) is 9.78 Å². The van der Waals surface area contributed by atoms with Gasteiger partial charge in [-0.05, 0) is 24.6 Å². The fourth-order valence-corrected chi connectivity index (χ4v) is 1.76. The molecule has 2 aromatic rings. The smallest absolute Gasteiger partial charge is 0.273 e. The van der Waals surface area contributed by atoms with Crippen molar-refractivity contribution >= 4 is 27.7 Å². The quantitative estimate of drug-likeness (QED) is 0.605. The van der Waals surface area contributed by atoms with Crippen LogP contribution >= 0.6 is 11.6 Å². The topological polar surface area (TPSA) is 34.9 Å². The van der Waals surface area contributed by atoms with Crippen molar-refractivity contribution in [2.45, 2.75) is 13.5 Å². The van der Waals surface area contributed by atoms with Crippen LogP contribution in [0.5, 0.6) is 0 Å². The maximum atomic E-state index is 11.2. The second-order valence-corrected chi connectivity index (χ2v) is 3.73. The summed E-state index contributed by atoms with van der Waals surface area (Å²) in [6.07, 6.45) is 3.92. The Bertz CT molecular complexity index is 557. The van der Waals surface area contributed by atoms with Crippen LogP contribution in [0, 0.1) is 0 Å². The zero-order valence-electron chi connectivity index (χ0n) is 8.85. The molecule has 1 aromatic carbocycles. The second kappa shape index (κ2) is 4.49. The molecule has 0 saturated carbocycles. The van der Waals surface area contributed by atoms with E-state index in [0.29, 0.717) is 12.2 Å². The molecule has 0 amide bonds. The minimum absolute atomic E-state index is 0.321. The van der Waals surface area contributed by atoms with Crippen molar-refractivity contribution in [3.63, 3.8) is 0 Å². The third-order valence-corrected chi connectivity index (χ3v) is 2.54. The Kier molecular flexibility index (Phi) is 3.06. The number of aromatic nitrogens is 2. The van der Waals surface area contributed by atoms with Gasteiger partial charge in [-0.1, -0.05) is 30.4 Å². The van der Waals surface area contributed by atoms with Gasteiger partial charge in [0.2, 0.25) is 0 Å². The monoisotopic (exact) mass is 234 g/mol. The number of benzene rings is 1. The van der Waals surface area contributed by atoms with Gasteiger partial charge >= 0.3 is 0 Å². The summed E-state index contributed by atoms with van der Waals surface area (Å²) in [6.45, 7) is 2.58. The molecule has 0 aliphatic carbocycles. The fourth-order valence-electron chi connectivity index (χ4n) is 1.62. The molecular formula is C12H11ClN2O. The lowest BCUT2D eigenvalue weighted by Gasteiger charge is -1.97. The molecule has 0 unspecified atom stereocenters. The Morgan fingerprint density at radius 3 is 2.94 bits per heavy atom. The van der Waals surface area contributed by atoms with Gasteiger partial charge in [0.25, 0.3) is 5.24 Å². The number of fused-ring (bicyclic) bond motifs is 1. The zero-order valence-corrected chi connectivity index (χ0v) is 9.61. The van der Waals surface area contributed by atoms with Crippen LogP contribution in [0.2, 0.25) is 0 Å². The Morgan fingerprint density at radius 2 is 2.25 bits per heavy atom. The van der Waals surface area contributed by atoms with Crippen molar-refractivity contribution < 1.29 is 4.79 Å². The first-order valence-electron chi connectivity index (χ1n) is 5.00. The maximum absolute atomic E-state index is 11.2. The predicted octanol–water partition coefficient (Wildman–Crippen LogP) is 2.99. The van der Waals surface area contributed by atoms with Crippen LogP contribution in [0.1, 0.15) is 17.4 Å². The van der Waals surface area contributed by atoms with Gasteiger partial charge in [-0.15, -0.1) is 0 Å². The Labute approximate surface area is 98.3 Å². The van der Waals surface area contributed by atoms with Crippen molar-refractivity contribution in [3.8, 4) is 0 Å². The average Bonchev–Trinajstić information content (AvgIpc) is 2.65. The molecule has 2 rings (SSSR count). The number of carbonyl (C=O) groups is 1. The number of carbonyl (C=O) groups excluding carboxylic acids is 1. The summed E-state index contributed by atoms with van der Waals surface area (Å²) in [5.74, 6) is 0. The molecule has 0 saturated heterocycles. The first-order chi connectivity index (χ1) is 7.74. The summed E-state index contributed by atoms with van der Waals surface area (Å²) in [5.41, 5.74) is 1.24. The van der Waals surface area contributed by atoms with E-state index in [2.05, 4.69) is 5.10 Å². The minimum Gasteiger partial charge on any atom is -0.274 e. The zero-order chi connectivity index (χ0) is 11.5. The van der Waals surface area contributed by atoms with Gasteiger partial charge in [0, 0.05) is 5.39 Å². The molecule has 16 heavy (non-hydrogen) atoms. The van der Waals surface area contributed by atoms with Gasteiger partial charge in [-0.3, -0.25) is 9.48 Å². The fraction of sp³-hybridized carbons (Fsp3) is 0.167. The molecule has 82 valence electrons. The summed E-state index contributed by atoms with van der Waals surface area (Å²) in [5, 5.41) is 4.49. The van der Waals surface area contributed by atoms with Crippen molar-refractivity contribution in [1.29, 1.82) is 0 Å². The molecule has 0 radical (unpaired) electrons. The number of rotatable bonds is 3. The molecule has 1 aromatic heterocycles. The van der Waals surface area contributed by atoms with E-state index in [-0.39, 0.29) is 0 Å². The van der Waals surface area contributed by atoms with Gasteiger partial charge in [-0.2, -0.15) is 5.10 Å². The number of nitrogens with zero attached hydrogens (tertiary/aromatic N) is 2. The van der Waals surface area contributed by atoms with Crippen molar-refractivity contribution in [2.75, 3.05) is 0 Å². The molecule has 0 bridgehead atoms. The lowest BCUT2D eigenvalue weighted by molar-refractivity contribution is 0.107.